The van der Waals surface area contributed by atoms with Crippen LogP contribution >= 0.6 is 58.2 Å². The number of thioether (sulfide) groups is 1. The third kappa shape index (κ3) is 6.90. The molecule has 0 N–H and O–H groups in total. The van der Waals surface area contributed by atoms with Gasteiger partial charge in [0.15, 0.2) is 0 Å². The van der Waals surface area contributed by atoms with E-state index < -0.39 is 11.6 Å². The minimum Gasteiger partial charge on any atom is -0.468 e. The highest BCUT2D eigenvalue weighted by Crippen LogP contribution is 2.54. The van der Waals surface area contributed by atoms with Crippen molar-refractivity contribution in [2.75, 3.05) is 20.2 Å². The molecular formula is C36H31Cl4N3O2S. The molecule has 236 valence electrons. The monoisotopic (exact) mass is 709 g/mol. The van der Waals surface area contributed by atoms with Gasteiger partial charge in [-0.3, -0.25) is 14.6 Å². The van der Waals surface area contributed by atoms with Crippen LogP contribution in [0.3, 0.4) is 0 Å². The normalized spacial score (nSPS) is 19.8. The molecule has 2 fully saturated rings. The predicted octanol–water partition coefficient (Wildman–Crippen LogP) is 9.71. The van der Waals surface area contributed by atoms with Crippen LogP contribution in [-0.2, 0) is 29.0 Å². The molecule has 10 heteroatoms. The summed E-state index contributed by atoms with van der Waals surface area (Å²) in [5.41, 5.74) is 2.97. The lowest BCUT2D eigenvalue weighted by Crippen LogP contribution is -2.62. The number of halogens is 4. The highest BCUT2D eigenvalue weighted by molar-refractivity contribution is 8.18. The number of rotatable bonds is 8. The zero-order valence-electron chi connectivity index (χ0n) is 25.0. The quantitative estimate of drug-likeness (QED) is 0.171. The van der Waals surface area contributed by atoms with Crippen molar-refractivity contribution in [2.45, 2.75) is 25.2 Å². The van der Waals surface area contributed by atoms with Crippen LogP contribution in [0.15, 0.2) is 113 Å². The summed E-state index contributed by atoms with van der Waals surface area (Å²) in [5, 5.41) is 2.96. The summed E-state index contributed by atoms with van der Waals surface area (Å²) in [6.07, 6.45) is 2.79. The first kappa shape index (κ1) is 33.1. The summed E-state index contributed by atoms with van der Waals surface area (Å²) in [5.74, 6) is -0.995. The second-order valence-corrected chi connectivity index (χ2v) is 13.9. The third-order valence-corrected chi connectivity index (χ3v) is 10.8. The Bertz CT molecular complexity index is 1710. The molecule has 5 nitrogen and oxygen atoms in total. The first-order valence-corrected chi connectivity index (χ1v) is 17.1. The summed E-state index contributed by atoms with van der Waals surface area (Å²) in [7, 11) is 1.45. The molecule has 0 aliphatic carbocycles. The van der Waals surface area contributed by atoms with E-state index in [1.807, 2.05) is 72.8 Å². The summed E-state index contributed by atoms with van der Waals surface area (Å²) < 4.78 is 5.59. The van der Waals surface area contributed by atoms with Gasteiger partial charge in [0.1, 0.15) is 16.6 Å². The smallest absolute Gasteiger partial charge is 0.317 e. The van der Waals surface area contributed by atoms with Crippen molar-refractivity contribution in [3.05, 3.63) is 145 Å². The predicted molar refractivity (Wildman–Crippen MR) is 191 cm³/mol. The van der Waals surface area contributed by atoms with E-state index in [1.54, 1.807) is 12.1 Å². The van der Waals surface area contributed by atoms with E-state index in [0.717, 1.165) is 26.6 Å². The fraction of sp³-hybridized carbons (Fsp3) is 0.222. The van der Waals surface area contributed by atoms with Crippen LogP contribution in [0.2, 0.25) is 20.1 Å². The standard InChI is InChI=1S/C36H31Cl4N3O2S/c1-45-34(44)33-32(18-11-24-5-3-2-4-6-24)46-35(41-29-16-17-30(39)31(40)21-29)36(33)42(22-25-7-12-27(37)13-8-25)19-20-43(36)23-26-9-14-28(38)15-10-26/h2-10,12-18,21,33H,11,19-20,22-23H2,1H3/b32-18+,41-35?. The fourth-order valence-corrected chi connectivity index (χ4v) is 8.16. The van der Waals surface area contributed by atoms with Gasteiger partial charge in [0.2, 0.25) is 0 Å². The molecule has 4 aromatic carbocycles. The molecule has 0 amide bonds. The minimum absolute atomic E-state index is 0.324. The first-order valence-electron chi connectivity index (χ1n) is 14.8. The van der Waals surface area contributed by atoms with Crippen LogP contribution in [0.25, 0.3) is 0 Å². The van der Waals surface area contributed by atoms with Crippen molar-refractivity contribution in [1.29, 1.82) is 0 Å². The van der Waals surface area contributed by atoms with Crippen LogP contribution < -0.4 is 0 Å². The number of nitrogens with zero attached hydrogens (tertiary/aromatic N) is 3. The van der Waals surface area contributed by atoms with Gasteiger partial charge in [0.05, 0.1) is 22.8 Å². The Kier molecular flexibility index (Phi) is 10.5. The molecule has 0 aromatic heterocycles. The van der Waals surface area contributed by atoms with Gasteiger partial charge in [-0.1, -0.05) is 119 Å². The summed E-state index contributed by atoms with van der Waals surface area (Å²) in [4.78, 5) is 24.9. The number of aliphatic imine (C=N–C) groups is 1. The van der Waals surface area contributed by atoms with E-state index in [4.69, 9.17) is 56.1 Å². The molecule has 1 unspecified atom stereocenters. The van der Waals surface area contributed by atoms with Gasteiger partial charge in [-0.05, 0) is 65.6 Å². The van der Waals surface area contributed by atoms with Crippen molar-refractivity contribution in [3.63, 3.8) is 0 Å². The lowest BCUT2D eigenvalue weighted by Gasteiger charge is -2.44. The van der Waals surface area contributed by atoms with E-state index in [9.17, 15) is 4.79 Å². The topological polar surface area (TPSA) is 45.1 Å². The summed E-state index contributed by atoms with van der Waals surface area (Å²) >= 11 is 26.8. The molecule has 2 saturated heterocycles. The Morgan fingerprint density at radius 1 is 0.826 bits per heavy atom. The van der Waals surface area contributed by atoms with Crippen molar-refractivity contribution < 1.29 is 9.53 Å². The number of methoxy groups -OCH3 is 1. The number of hydrogen-bond donors (Lipinski definition) is 0. The lowest BCUT2D eigenvalue weighted by molar-refractivity contribution is -0.150. The van der Waals surface area contributed by atoms with Gasteiger partial charge < -0.3 is 4.74 Å². The highest BCUT2D eigenvalue weighted by atomic mass is 35.5. The maximum absolute atomic E-state index is 14.1. The number of carbonyl (C=O) groups excluding carboxylic acids is 1. The Hall–Kier alpha value is -2.81. The summed E-state index contributed by atoms with van der Waals surface area (Å²) in [6, 6.07) is 31.2. The van der Waals surface area contributed by atoms with Crippen LogP contribution in [-0.4, -0.2) is 46.7 Å². The molecule has 0 bridgehead atoms. The molecule has 0 saturated carbocycles. The average Bonchev–Trinajstić information content (AvgIpc) is 3.57. The molecule has 4 aromatic rings. The zero-order chi connectivity index (χ0) is 32.3. The maximum Gasteiger partial charge on any atom is 0.317 e. The van der Waals surface area contributed by atoms with Crippen molar-refractivity contribution in [3.8, 4) is 0 Å². The van der Waals surface area contributed by atoms with E-state index in [1.165, 1.54) is 18.9 Å². The molecule has 1 atom stereocenters. The van der Waals surface area contributed by atoms with E-state index >= 15 is 0 Å². The van der Waals surface area contributed by atoms with Crippen LogP contribution in [0.1, 0.15) is 16.7 Å². The van der Waals surface area contributed by atoms with Crippen LogP contribution in [0.4, 0.5) is 5.69 Å². The molecule has 2 aliphatic rings. The van der Waals surface area contributed by atoms with E-state index in [0.29, 0.717) is 58.4 Å². The zero-order valence-corrected chi connectivity index (χ0v) is 28.8. The first-order chi connectivity index (χ1) is 22.3. The van der Waals surface area contributed by atoms with E-state index in [-0.39, 0.29) is 5.97 Å². The van der Waals surface area contributed by atoms with Gasteiger partial charge in [-0.25, -0.2) is 4.99 Å². The number of ether oxygens (including phenoxy) is 1. The highest BCUT2D eigenvalue weighted by Gasteiger charge is 2.64. The molecule has 1 spiro atoms. The van der Waals surface area contributed by atoms with Crippen LogP contribution in [0.5, 0.6) is 0 Å². The molecule has 6 rings (SSSR count). The molecule has 46 heavy (non-hydrogen) atoms. The van der Waals surface area contributed by atoms with Gasteiger partial charge in [0.25, 0.3) is 0 Å². The second-order valence-electron chi connectivity index (χ2n) is 11.2. The molecular weight excluding hydrogens is 680 g/mol. The Balaban J connectivity index is 1.55. The Morgan fingerprint density at radius 3 is 1.96 bits per heavy atom. The van der Waals surface area contributed by atoms with Crippen molar-refractivity contribution in [1.82, 2.24) is 9.80 Å². The summed E-state index contributed by atoms with van der Waals surface area (Å²) in [6.45, 7) is 2.51. The fourth-order valence-electron chi connectivity index (χ4n) is 6.17. The Labute approximate surface area is 293 Å². The second kappa shape index (κ2) is 14.5. The van der Waals surface area contributed by atoms with Gasteiger partial charge in [-0.2, -0.15) is 0 Å². The Morgan fingerprint density at radius 2 is 1.41 bits per heavy atom. The number of esters is 1. The largest absolute Gasteiger partial charge is 0.468 e. The average molecular weight is 712 g/mol. The number of hydrogen-bond acceptors (Lipinski definition) is 6. The third-order valence-electron chi connectivity index (χ3n) is 8.35. The number of allylic oxidation sites excluding steroid dienone is 1. The number of benzene rings is 4. The molecule has 2 aliphatic heterocycles. The van der Waals surface area contributed by atoms with Crippen LogP contribution in [0, 0.1) is 5.92 Å². The van der Waals surface area contributed by atoms with Gasteiger partial charge in [-0.15, -0.1) is 0 Å². The lowest BCUT2D eigenvalue weighted by atomic mass is 9.88. The maximum atomic E-state index is 14.1. The van der Waals surface area contributed by atoms with E-state index in [2.05, 4.69) is 28.0 Å². The molecule has 0 radical (unpaired) electrons. The number of carbonyl (C=O) groups is 1. The SMILES string of the molecule is COC(=O)C1/C(=C\Cc2ccccc2)SC(=Nc2ccc(Cl)c(Cl)c2)C12N(Cc1ccc(Cl)cc1)CCN2Cc1ccc(Cl)cc1. The molecule has 2 heterocycles. The minimum atomic E-state index is -0.967. The van der Waals surface area contributed by atoms with Gasteiger partial charge in [0, 0.05) is 41.1 Å². The van der Waals surface area contributed by atoms with Crippen molar-refractivity contribution >= 4 is 74.9 Å². The van der Waals surface area contributed by atoms with Gasteiger partial charge >= 0.3 is 5.97 Å². The van der Waals surface area contributed by atoms with Crippen molar-refractivity contribution in [2.24, 2.45) is 10.9 Å².